The van der Waals surface area contributed by atoms with Crippen LogP contribution in [-0.2, 0) is 0 Å². The Balaban J connectivity index is 1.88. The van der Waals surface area contributed by atoms with Crippen LogP contribution in [-0.4, -0.2) is 11.3 Å². The third-order valence-electron chi connectivity index (χ3n) is 2.53. The molecule has 0 fully saturated rings. The molecule has 0 spiro atoms. The second-order valence-electron chi connectivity index (χ2n) is 4.16. The molecule has 5 heteroatoms. The number of aryl methyl sites for hydroxylation is 2. The zero-order valence-corrected chi connectivity index (χ0v) is 12.4. The first-order valence-electron chi connectivity index (χ1n) is 5.86. The van der Waals surface area contributed by atoms with E-state index in [0.717, 1.165) is 10.6 Å². The molecular formula is C14H15N3S2. The number of anilines is 1. The minimum Gasteiger partial charge on any atom is -0.331 e. The maximum Gasteiger partial charge on any atom is 0.191 e. The van der Waals surface area contributed by atoms with Crippen LogP contribution in [0, 0.1) is 13.8 Å². The first-order chi connectivity index (χ1) is 9.15. The van der Waals surface area contributed by atoms with Gasteiger partial charge in [-0.3, -0.25) is 5.43 Å². The van der Waals surface area contributed by atoms with E-state index in [1.54, 1.807) is 17.6 Å². The molecule has 0 aliphatic carbocycles. The van der Waals surface area contributed by atoms with E-state index in [0.29, 0.717) is 5.11 Å². The Morgan fingerprint density at radius 1 is 1.32 bits per heavy atom. The number of hydrogen-bond donors (Lipinski definition) is 2. The number of benzene rings is 1. The largest absolute Gasteiger partial charge is 0.331 e. The van der Waals surface area contributed by atoms with Crippen LogP contribution in [0.4, 0.5) is 5.69 Å². The second kappa shape index (κ2) is 6.45. The van der Waals surface area contributed by atoms with Crippen molar-refractivity contribution in [1.29, 1.82) is 0 Å². The molecule has 0 unspecified atom stereocenters. The van der Waals surface area contributed by atoms with Gasteiger partial charge in [0.25, 0.3) is 0 Å². The molecule has 1 aromatic heterocycles. The summed E-state index contributed by atoms with van der Waals surface area (Å²) in [7, 11) is 0. The molecule has 0 aliphatic rings. The van der Waals surface area contributed by atoms with Crippen LogP contribution in [0.15, 0.2) is 40.8 Å². The van der Waals surface area contributed by atoms with Crippen molar-refractivity contribution in [2.24, 2.45) is 5.10 Å². The molecular weight excluding hydrogens is 274 g/mol. The van der Waals surface area contributed by atoms with Gasteiger partial charge in [-0.15, -0.1) is 11.3 Å². The number of nitrogens with zero attached hydrogens (tertiary/aromatic N) is 1. The fraction of sp³-hybridized carbons (Fsp3) is 0.143. The molecule has 2 aromatic rings. The van der Waals surface area contributed by atoms with Gasteiger partial charge in [-0.25, -0.2) is 0 Å². The average Bonchev–Trinajstić information content (AvgIpc) is 2.75. The molecule has 0 amide bonds. The summed E-state index contributed by atoms with van der Waals surface area (Å²) in [5.41, 5.74) is 6.17. The van der Waals surface area contributed by atoms with Gasteiger partial charge in [0.1, 0.15) is 0 Å². The van der Waals surface area contributed by atoms with E-state index in [4.69, 9.17) is 12.2 Å². The minimum atomic E-state index is 0.482. The normalized spacial score (nSPS) is 10.6. The average molecular weight is 289 g/mol. The van der Waals surface area contributed by atoms with E-state index in [2.05, 4.69) is 28.8 Å². The summed E-state index contributed by atoms with van der Waals surface area (Å²) in [4.78, 5) is 1.13. The van der Waals surface area contributed by atoms with Gasteiger partial charge in [-0.05, 0) is 60.8 Å². The van der Waals surface area contributed by atoms with E-state index in [-0.39, 0.29) is 0 Å². The van der Waals surface area contributed by atoms with E-state index in [9.17, 15) is 0 Å². The van der Waals surface area contributed by atoms with Gasteiger partial charge in [0.2, 0.25) is 0 Å². The third kappa shape index (κ3) is 4.15. The van der Waals surface area contributed by atoms with Crippen molar-refractivity contribution in [3.63, 3.8) is 0 Å². The van der Waals surface area contributed by atoms with Crippen LogP contribution >= 0.6 is 23.6 Å². The Morgan fingerprint density at radius 3 is 2.84 bits per heavy atom. The van der Waals surface area contributed by atoms with Crippen LogP contribution in [0.3, 0.4) is 0 Å². The second-order valence-corrected chi connectivity index (χ2v) is 5.52. The highest BCUT2D eigenvalue weighted by molar-refractivity contribution is 7.80. The lowest BCUT2D eigenvalue weighted by Gasteiger charge is -2.07. The number of rotatable bonds is 3. The van der Waals surface area contributed by atoms with E-state index >= 15 is 0 Å². The Bertz CT molecular complexity index is 602. The molecule has 0 bridgehead atoms. The fourth-order valence-corrected chi connectivity index (χ4v) is 2.50. The smallest absolute Gasteiger partial charge is 0.191 e. The maximum atomic E-state index is 5.17. The van der Waals surface area contributed by atoms with E-state index in [1.807, 2.05) is 36.6 Å². The molecule has 2 rings (SSSR count). The van der Waals surface area contributed by atoms with E-state index < -0.39 is 0 Å². The van der Waals surface area contributed by atoms with Crippen molar-refractivity contribution in [2.75, 3.05) is 5.32 Å². The summed E-state index contributed by atoms with van der Waals surface area (Å²) in [6.07, 6.45) is 1.78. The van der Waals surface area contributed by atoms with Crippen LogP contribution in [0.1, 0.15) is 16.0 Å². The summed E-state index contributed by atoms with van der Waals surface area (Å²) < 4.78 is 0. The van der Waals surface area contributed by atoms with Crippen molar-refractivity contribution in [3.8, 4) is 0 Å². The minimum absolute atomic E-state index is 0.482. The van der Waals surface area contributed by atoms with Crippen LogP contribution in [0.25, 0.3) is 0 Å². The molecule has 0 saturated carbocycles. The van der Waals surface area contributed by atoms with Crippen LogP contribution in [0.5, 0.6) is 0 Å². The molecule has 1 heterocycles. The molecule has 3 nitrogen and oxygen atoms in total. The highest BCUT2D eigenvalue weighted by Gasteiger charge is 1.97. The molecule has 19 heavy (non-hydrogen) atoms. The predicted octanol–water partition coefficient (Wildman–Crippen LogP) is 3.69. The van der Waals surface area contributed by atoms with E-state index in [1.165, 1.54) is 11.1 Å². The molecule has 2 N–H and O–H groups in total. The molecule has 0 atom stereocenters. The summed E-state index contributed by atoms with van der Waals surface area (Å²) in [5, 5.41) is 9.74. The van der Waals surface area contributed by atoms with Gasteiger partial charge in [0.15, 0.2) is 5.11 Å². The molecule has 0 radical (unpaired) electrons. The highest BCUT2D eigenvalue weighted by Crippen LogP contribution is 2.12. The highest BCUT2D eigenvalue weighted by atomic mass is 32.1. The fourth-order valence-electron chi connectivity index (χ4n) is 1.55. The number of hydrogen-bond acceptors (Lipinski definition) is 3. The SMILES string of the molecule is Cc1cccc(NC(=S)N/N=C\c2sccc2C)c1. The van der Waals surface area contributed by atoms with Crippen molar-refractivity contribution < 1.29 is 0 Å². The third-order valence-corrected chi connectivity index (χ3v) is 3.67. The molecule has 0 saturated heterocycles. The quantitative estimate of drug-likeness (QED) is 0.514. The Hall–Kier alpha value is -1.72. The lowest BCUT2D eigenvalue weighted by Crippen LogP contribution is -2.23. The zero-order valence-electron chi connectivity index (χ0n) is 10.8. The summed E-state index contributed by atoms with van der Waals surface area (Å²) in [6, 6.07) is 10.1. The number of thiocarbonyl (C=S) groups is 1. The molecule has 1 aromatic carbocycles. The molecule has 0 aliphatic heterocycles. The van der Waals surface area contributed by atoms with Crippen molar-refractivity contribution in [3.05, 3.63) is 51.7 Å². The molecule has 98 valence electrons. The van der Waals surface area contributed by atoms with Gasteiger partial charge in [-0.1, -0.05) is 12.1 Å². The topological polar surface area (TPSA) is 36.4 Å². The first-order valence-corrected chi connectivity index (χ1v) is 7.15. The lowest BCUT2D eigenvalue weighted by molar-refractivity contribution is 1.05. The summed E-state index contributed by atoms with van der Waals surface area (Å²) in [6.45, 7) is 4.10. The van der Waals surface area contributed by atoms with Gasteiger partial charge in [0.05, 0.1) is 6.21 Å². The van der Waals surface area contributed by atoms with Gasteiger partial charge in [-0.2, -0.15) is 5.10 Å². The lowest BCUT2D eigenvalue weighted by atomic mass is 10.2. The maximum absolute atomic E-state index is 5.17. The summed E-state index contributed by atoms with van der Waals surface area (Å²) in [5.74, 6) is 0. The van der Waals surface area contributed by atoms with Gasteiger partial charge < -0.3 is 5.32 Å². The standard InChI is InChI=1S/C14H15N3S2/c1-10-4-3-5-12(8-10)16-14(18)17-15-9-13-11(2)6-7-19-13/h3-9H,1-2H3,(H2,16,17,18)/b15-9-. The summed E-state index contributed by atoms with van der Waals surface area (Å²) >= 11 is 6.83. The Morgan fingerprint density at radius 2 is 2.16 bits per heavy atom. The van der Waals surface area contributed by atoms with Gasteiger partial charge in [0, 0.05) is 10.6 Å². The van der Waals surface area contributed by atoms with Crippen molar-refractivity contribution >= 4 is 40.6 Å². The Kier molecular flexibility index (Phi) is 4.65. The number of thiophene rings is 1. The Labute approximate surface area is 122 Å². The number of hydrazone groups is 1. The van der Waals surface area contributed by atoms with Crippen molar-refractivity contribution in [1.82, 2.24) is 5.43 Å². The van der Waals surface area contributed by atoms with Crippen LogP contribution < -0.4 is 10.7 Å². The predicted molar refractivity (Wildman–Crippen MR) is 87.2 cm³/mol. The number of nitrogens with one attached hydrogen (secondary N) is 2. The van der Waals surface area contributed by atoms with Gasteiger partial charge >= 0.3 is 0 Å². The zero-order chi connectivity index (χ0) is 13.7. The first kappa shape index (κ1) is 13.7. The van der Waals surface area contributed by atoms with Crippen molar-refractivity contribution in [2.45, 2.75) is 13.8 Å². The van der Waals surface area contributed by atoms with Crippen LogP contribution in [0.2, 0.25) is 0 Å². The monoisotopic (exact) mass is 289 g/mol.